The fourth-order valence-corrected chi connectivity index (χ4v) is 3.58. The summed E-state index contributed by atoms with van der Waals surface area (Å²) in [6, 6.07) is 0. The van der Waals surface area contributed by atoms with Gasteiger partial charge in [-0.3, -0.25) is 24.5 Å². The first-order chi connectivity index (χ1) is 14.2. The first-order valence-electron chi connectivity index (χ1n) is 9.50. The minimum absolute atomic E-state index is 0.0112. The number of aromatic nitrogens is 4. The third-order valence-electron chi connectivity index (χ3n) is 4.92. The number of hydrogen-bond acceptors (Lipinski definition) is 8. The summed E-state index contributed by atoms with van der Waals surface area (Å²) in [5.74, 6) is -1.42. The van der Waals surface area contributed by atoms with Crippen molar-refractivity contribution in [2.45, 2.75) is 58.0 Å². The van der Waals surface area contributed by atoms with Crippen molar-refractivity contribution in [1.29, 1.82) is 0 Å². The Bertz CT molecular complexity index is 1090. The molecule has 4 atom stereocenters. The Kier molecular flexibility index (Phi) is 4.98. The molecule has 0 aromatic carbocycles. The first-order valence-corrected chi connectivity index (χ1v) is 9.50. The van der Waals surface area contributed by atoms with Crippen LogP contribution in [0.1, 0.15) is 33.9 Å². The Morgan fingerprint density at radius 2 is 2.17 bits per heavy atom. The number of imidazole rings is 1. The molecule has 2 aromatic rings. The van der Waals surface area contributed by atoms with Gasteiger partial charge in [0.25, 0.3) is 5.56 Å². The van der Waals surface area contributed by atoms with Crippen molar-refractivity contribution in [3.63, 3.8) is 0 Å². The maximum absolute atomic E-state index is 12.4. The Balaban J connectivity index is 1.73. The average Bonchev–Trinajstić information content (AvgIpc) is 3.31. The van der Waals surface area contributed by atoms with Crippen LogP contribution in [0, 0.1) is 5.92 Å². The molecule has 2 aliphatic heterocycles. The maximum Gasteiger partial charge on any atom is 0.280 e. The Morgan fingerprint density at radius 3 is 2.87 bits per heavy atom. The SMILES string of the molecule is CC(C)C(=O)Nc1nc2c(ncn2[C@@H]2O[C@H](CN=[N+]=[N-])[C@H]3OC(C)(C)O[C@H]32)c(=O)[nH]1. The minimum Gasteiger partial charge on any atom is -0.349 e. The van der Waals surface area contributed by atoms with E-state index in [4.69, 9.17) is 19.7 Å². The molecule has 0 saturated carbocycles. The summed E-state index contributed by atoms with van der Waals surface area (Å²) in [6.07, 6.45) is -0.852. The number of hydrogen-bond donors (Lipinski definition) is 2. The monoisotopic (exact) mass is 418 g/mol. The molecular weight excluding hydrogens is 396 g/mol. The quantitative estimate of drug-likeness (QED) is 0.420. The van der Waals surface area contributed by atoms with Crippen LogP contribution in [0.5, 0.6) is 0 Å². The molecule has 2 N–H and O–H groups in total. The maximum atomic E-state index is 12.4. The molecular formula is C17H22N8O5. The van der Waals surface area contributed by atoms with E-state index in [9.17, 15) is 9.59 Å². The van der Waals surface area contributed by atoms with Gasteiger partial charge in [0.05, 0.1) is 19.0 Å². The first kappa shape index (κ1) is 20.3. The summed E-state index contributed by atoms with van der Waals surface area (Å²) in [6.45, 7) is 7.07. The van der Waals surface area contributed by atoms with E-state index >= 15 is 0 Å². The molecule has 160 valence electrons. The van der Waals surface area contributed by atoms with Crippen molar-refractivity contribution in [2.24, 2.45) is 11.0 Å². The van der Waals surface area contributed by atoms with E-state index < -0.39 is 35.9 Å². The standard InChI is InChI=1S/C17H22N8O5/c1-7(2)13(26)22-16-21-12-9(14(27)23-16)19-6-25(12)15-11-10(29-17(3,4)30-11)8(28-15)5-20-24-18/h6-8,10-11,15H,5H2,1-4H3,(H2,21,22,23,26,27)/t8-,10-,11-,15-/m1/s1. The van der Waals surface area contributed by atoms with Crippen LogP contribution in [0.3, 0.4) is 0 Å². The molecule has 2 saturated heterocycles. The normalized spacial score (nSPS) is 27.2. The highest BCUT2D eigenvalue weighted by Gasteiger charge is 2.55. The molecule has 0 radical (unpaired) electrons. The number of ether oxygens (including phenoxy) is 3. The van der Waals surface area contributed by atoms with E-state index in [-0.39, 0.29) is 35.5 Å². The van der Waals surface area contributed by atoms with Crippen molar-refractivity contribution in [3.8, 4) is 0 Å². The Morgan fingerprint density at radius 1 is 1.43 bits per heavy atom. The number of rotatable bonds is 5. The molecule has 1 amide bonds. The van der Waals surface area contributed by atoms with Crippen molar-refractivity contribution >= 4 is 23.0 Å². The highest BCUT2D eigenvalue weighted by Crippen LogP contribution is 2.43. The molecule has 0 unspecified atom stereocenters. The highest BCUT2D eigenvalue weighted by atomic mass is 16.8. The van der Waals surface area contributed by atoms with E-state index in [0.717, 1.165) is 0 Å². The number of anilines is 1. The molecule has 0 aliphatic carbocycles. The van der Waals surface area contributed by atoms with Crippen LogP contribution in [0.15, 0.2) is 16.2 Å². The van der Waals surface area contributed by atoms with Gasteiger partial charge in [0.1, 0.15) is 12.2 Å². The predicted molar refractivity (Wildman–Crippen MR) is 103 cm³/mol. The van der Waals surface area contributed by atoms with Gasteiger partial charge in [-0.15, -0.1) is 0 Å². The number of azide groups is 1. The summed E-state index contributed by atoms with van der Waals surface area (Å²) < 4.78 is 19.6. The van der Waals surface area contributed by atoms with Crippen molar-refractivity contribution in [1.82, 2.24) is 19.5 Å². The van der Waals surface area contributed by atoms with Gasteiger partial charge in [-0.1, -0.05) is 19.0 Å². The summed E-state index contributed by atoms with van der Waals surface area (Å²) in [7, 11) is 0. The number of amides is 1. The number of aromatic amines is 1. The molecule has 0 bridgehead atoms. The van der Waals surface area contributed by atoms with Crippen LogP contribution >= 0.6 is 0 Å². The Labute approximate surface area is 170 Å². The number of carbonyl (C=O) groups excluding carboxylic acids is 1. The lowest BCUT2D eigenvalue weighted by atomic mass is 10.1. The zero-order valence-corrected chi connectivity index (χ0v) is 16.9. The molecule has 2 aromatic heterocycles. The van der Waals surface area contributed by atoms with Gasteiger partial charge in [0.15, 0.2) is 23.2 Å². The van der Waals surface area contributed by atoms with Gasteiger partial charge >= 0.3 is 0 Å². The van der Waals surface area contributed by atoms with Crippen LogP contribution < -0.4 is 10.9 Å². The van der Waals surface area contributed by atoms with Crippen molar-refractivity contribution in [3.05, 3.63) is 27.1 Å². The van der Waals surface area contributed by atoms with Crippen LogP contribution in [0.2, 0.25) is 0 Å². The van der Waals surface area contributed by atoms with E-state index in [0.29, 0.717) is 0 Å². The van der Waals surface area contributed by atoms with Crippen LogP contribution in [0.4, 0.5) is 5.95 Å². The van der Waals surface area contributed by atoms with Crippen LogP contribution in [0.25, 0.3) is 21.6 Å². The fourth-order valence-electron chi connectivity index (χ4n) is 3.58. The van der Waals surface area contributed by atoms with Crippen LogP contribution in [-0.4, -0.2) is 56.1 Å². The zero-order chi connectivity index (χ0) is 21.6. The van der Waals surface area contributed by atoms with Gasteiger partial charge in [-0.25, -0.2) is 4.98 Å². The molecule has 4 heterocycles. The van der Waals surface area contributed by atoms with Gasteiger partial charge in [-0.2, -0.15) is 4.98 Å². The topological polar surface area (TPSA) is 169 Å². The molecule has 0 spiro atoms. The molecule has 30 heavy (non-hydrogen) atoms. The number of carbonyl (C=O) groups is 1. The van der Waals surface area contributed by atoms with Crippen LogP contribution in [-0.2, 0) is 19.0 Å². The van der Waals surface area contributed by atoms with Crippen molar-refractivity contribution < 1.29 is 19.0 Å². The number of nitrogens with one attached hydrogen (secondary N) is 2. The van der Waals surface area contributed by atoms with Gasteiger partial charge < -0.3 is 14.2 Å². The number of fused-ring (bicyclic) bond motifs is 2. The number of H-pyrrole nitrogens is 1. The number of nitrogens with zero attached hydrogens (tertiary/aromatic N) is 6. The second-order valence-electron chi connectivity index (χ2n) is 7.93. The smallest absolute Gasteiger partial charge is 0.280 e. The Hall–Kier alpha value is -2.99. The lowest BCUT2D eigenvalue weighted by Crippen LogP contribution is -2.31. The average molecular weight is 418 g/mol. The largest absolute Gasteiger partial charge is 0.349 e. The molecule has 2 fully saturated rings. The molecule has 2 aliphatic rings. The summed E-state index contributed by atoms with van der Waals surface area (Å²) in [5, 5.41) is 6.17. The third kappa shape index (κ3) is 3.52. The summed E-state index contributed by atoms with van der Waals surface area (Å²) >= 11 is 0. The predicted octanol–water partition coefficient (Wildman–Crippen LogP) is 1.44. The van der Waals surface area contributed by atoms with Gasteiger partial charge in [-0.05, 0) is 19.4 Å². The minimum atomic E-state index is -0.857. The summed E-state index contributed by atoms with van der Waals surface area (Å²) in [4.78, 5) is 38.2. The van der Waals surface area contributed by atoms with Gasteiger partial charge in [0.2, 0.25) is 11.9 Å². The lowest BCUT2D eigenvalue weighted by Gasteiger charge is -2.24. The molecule has 4 rings (SSSR count). The zero-order valence-electron chi connectivity index (χ0n) is 16.9. The fraction of sp³-hybridized carbons (Fsp3) is 0.647. The third-order valence-corrected chi connectivity index (χ3v) is 4.92. The summed E-state index contributed by atoms with van der Waals surface area (Å²) in [5.41, 5.74) is 8.48. The molecule has 13 nitrogen and oxygen atoms in total. The second-order valence-corrected chi connectivity index (χ2v) is 7.93. The van der Waals surface area contributed by atoms with E-state index in [1.54, 1.807) is 32.3 Å². The lowest BCUT2D eigenvalue weighted by molar-refractivity contribution is -0.195. The van der Waals surface area contributed by atoms with Gasteiger partial charge in [0, 0.05) is 10.8 Å². The molecule has 13 heteroatoms. The van der Waals surface area contributed by atoms with E-state index in [1.807, 2.05) is 0 Å². The van der Waals surface area contributed by atoms with E-state index in [2.05, 4.69) is 30.3 Å². The van der Waals surface area contributed by atoms with E-state index in [1.165, 1.54) is 6.33 Å². The highest BCUT2D eigenvalue weighted by molar-refractivity contribution is 5.91. The van der Waals surface area contributed by atoms with Crippen molar-refractivity contribution in [2.75, 3.05) is 11.9 Å². The second kappa shape index (κ2) is 7.36.